The van der Waals surface area contributed by atoms with Gasteiger partial charge < -0.3 is 10.0 Å². The first-order valence-electron chi connectivity index (χ1n) is 4.97. The van der Waals surface area contributed by atoms with Gasteiger partial charge in [-0.25, -0.2) is 0 Å². The Morgan fingerprint density at radius 1 is 1.73 bits per heavy atom. The highest BCUT2D eigenvalue weighted by atomic mass is 16.3. The number of amides is 1. The number of hydrogen-bond donors (Lipinski definition) is 1. The van der Waals surface area contributed by atoms with Gasteiger partial charge in [-0.2, -0.15) is 0 Å². The van der Waals surface area contributed by atoms with E-state index in [-0.39, 0.29) is 18.4 Å². The third-order valence-corrected chi connectivity index (χ3v) is 2.65. The summed E-state index contributed by atoms with van der Waals surface area (Å²) in [6.07, 6.45) is 2.47. The number of hydrogen-bond acceptors (Lipinski definition) is 4. The molecule has 0 aromatic carbocycles. The van der Waals surface area contributed by atoms with Crippen LogP contribution in [0, 0.1) is 5.92 Å². The van der Waals surface area contributed by atoms with Crippen LogP contribution in [0.15, 0.2) is 6.20 Å². The second-order valence-corrected chi connectivity index (χ2v) is 3.87. The predicted octanol–water partition coefficient (Wildman–Crippen LogP) is -0.731. The summed E-state index contributed by atoms with van der Waals surface area (Å²) in [7, 11) is 1.73. The first-order chi connectivity index (χ1) is 7.20. The quantitative estimate of drug-likeness (QED) is 0.698. The van der Waals surface area contributed by atoms with Crippen molar-refractivity contribution in [1.82, 2.24) is 19.9 Å². The summed E-state index contributed by atoms with van der Waals surface area (Å²) in [6, 6.07) is 0. The van der Waals surface area contributed by atoms with Crippen LogP contribution in [-0.2, 0) is 7.05 Å². The normalized spacial score (nSPS) is 20.9. The van der Waals surface area contributed by atoms with Crippen LogP contribution < -0.4 is 0 Å². The van der Waals surface area contributed by atoms with Crippen molar-refractivity contribution in [3.63, 3.8) is 0 Å². The van der Waals surface area contributed by atoms with Crippen molar-refractivity contribution in [3.05, 3.63) is 11.9 Å². The highest BCUT2D eigenvalue weighted by Crippen LogP contribution is 2.17. The van der Waals surface area contributed by atoms with Gasteiger partial charge in [-0.3, -0.25) is 9.48 Å². The van der Waals surface area contributed by atoms with Gasteiger partial charge in [0.15, 0.2) is 5.69 Å². The molecule has 2 heterocycles. The average molecular weight is 210 g/mol. The molecule has 0 saturated carbocycles. The summed E-state index contributed by atoms with van der Waals surface area (Å²) < 4.78 is 1.51. The molecule has 15 heavy (non-hydrogen) atoms. The zero-order valence-corrected chi connectivity index (χ0v) is 8.63. The molecule has 1 unspecified atom stereocenters. The molecule has 1 aromatic heterocycles. The molecule has 1 N–H and O–H groups in total. The Kier molecular flexibility index (Phi) is 2.68. The second kappa shape index (κ2) is 3.98. The molecule has 2 rings (SSSR count). The molecular weight excluding hydrogens is 196 g/mol. The van der Waals surface area contributed by atoms with Crippen LogP contribution in [0.5, 0.6) is 0 Å². The van der Waals surface area contributed by atoms with Crippen molar-refractivity contribution in [1.29, 1.82) is 0 Å². The van der Waals surface area contributed by atoms with Crippen LogP contribution in [-0.4, -0.2) is 50.6 Å². The predicted molar refractivity (Wildman–Crippen MR) is 52.1 cm³/mol. The number of rotatable bonds is 2. The smallest absolute Gasteiger partial charge is 0.276 e. The van der Waals surface area contributed by atoms with Crippen LogP contribution in [0.4, 0.5) is 0 Å². The van der Waals surface area contributed by atoms with E-state index < -0.39 is 0 Å². The lowest BCUT2D eigenvalue weighted by Gasteiger charge is -2.13. The number of aliphatic hydroxyl groups excluding tert-OH is 1. The highest BCUT2D eigenvalue weighted by molar-refractivity contribution is 5.92. The van der Waals surface area contributed by atoms with Gasteiger partial charge in [0.25, 0.3) is 5.91 Å². The topological polar surface area (TPSA) is 71.2 Å². The average Bonchev–Trinajstić information content (AvgIpc) is 2.84. The number of aryl methyl sites for hydroxylation is 1. The van der Waals surface area contributed by atoms with E-state index in [4.69, 9.17) is 5.11 Å². The molecule has 1 aliphatic rings. The number of aliphatic hydroxyl groups is 1. The van der Waals surface area contributed by atoms with E-state index in [0.717, 1.165) is 6.42 Å². The summed E-state index contributed by atoms with van der Waals surface area (Å²) in [5.74, 6) is 0.115. The largest absolute Gasteiger partial charge is 0.396 e. The first-order valence-corrected chi connectivity index (χ1v) is 4.97. The zero-order valence-electron chi connectivity index (χ0n) is 8.63. The molecule has 1 saturated heterocycles. The fraction of sp³-hybridized carbons (Fsp3) is 0.667. The molecular formula is C9H14N4O2. The summed E-state index contributed by atoms with van der Waals surface area (Å²) in [5.41, 5.74) is 0.371. The van der Waals surface area contributed by atoms with Crippen molar-refractivity contribution in [2.45, 2.75) is 6.42 Å². The molecule has 0 radical (unpaired) electrons. The zero-order chi connectivity index (χ0) is 10.8. The minimum Gasteiger partial charge on any atom is -0.396 e. The van der Waals surface area contributed by atoms with Gasteiger partial charge in [-0.1, -0.05) is 5.21 Å². The van der Waals surface area contributed by atoms with Crippen molar-refractivity contribution < 1.29 is 9.90 Å². The van der Waals surface area contributed by atoms with Crippen LogP contribution in [0.3, 0.4) is 0 Å². The molecule has 1 aliphatic heterocycles. The molecule has 0 spiro atoms. The van der Waals surface area contributed by atoms with E-state index in [1.807, 2.05) is 0 Å². The minimum absolute atomic E-state index is 0.0981. The Morgan fingerprint density at radius 2 is 2.53 bits per heavy atom. The maximum atomic E-state index is 11.9. The van der Waals surface area contributed by atoms with E-state index in [2.05, 4.69) is 10.3 Å². The van der Waals surface area contributed by atoms with Gasteiger partial charge in [0, 0.05) is 32.7 Å². The lowest BCUT2D eigenvalue weighted by Crippen LogP contribution is -2.29. The third-order valence-electron chi connectivity index (χ3n) is 2.65. The standard InChI is InChI=1S/C9H14N4O2/c1-12-5-8(10-11-12)9(15)13-3-2-7(4-13)6-14/h5,7,14H,2-4,6H2,1H3. The Morgan fingerprint density at radius 3 is 3.07 bits per heavy atom. The summed E-state index contributed by atoms with van der Waals surface area (Å²) in [6.45, 7) is 1.46. The minimum atomic E-state index is -0.0981. The van der Waals surface area contributed by atoms with E-state index in [0.29, 0.717) is 18.8 Å². The summed E-state index contributed by atoms with van der Waals surface area (Å²) in [5, 5.41) is 16.5. The maximum absolute atomic E-state index is 11.9. The maximum Gasteiger partial charge on any atom is 0.276 e. The highest BCUT2D eigenvalue weighted by Gasteiger charge is 2.27. The molecule has 6 heteroatoms. The van der Waals surface area contributed by atoms with Crippen molar-refractivity contribution >= 4 is 5.91 Å². The van der Waals surface area contributed by atoms with E-state index in [1.165, 1.54) is 4.68 Å². The molecule has 0 bridgehead atoms. The molecule has 1 aromatic rings. The number of likely N-dealkylation sites (tertiary alicyclic amines) is 1. The number of aromatic nitrogens is 3. The second-order valence-electron chi connectivity index (χ2n) is 3.87. The first kappa shape index (κ1) is 10.1. The monoisotopic (exact) mass is 210 g/mol. The lowest BCUT2D eigenvalue weighted by molar-refractivity contribution is 0.0776. The van der Waals surface area contributed by atoms with Crippen molar-refractivity contribution in [3.8, 4) is 0 Å². The Labute approximate surface area is 87.5 Å². The van der Waals surface area contributed by atoms with E-state index in [1.54, 1.807) is 18.1 Å². The number of carbonyl (C=O) groups excluding carboxylic acids is 1. The molecule has 82 valence electrons. The van der Waals surface area contributed by atoms with Gasteiger partial charge in [-0.15, -0.1) is 5.10 Å². The van der Waals surface area contributed by atoms with Crippen molar-refractivity contribution in [2.24, 2.45) is 13.0 Å². The van der Waals surface area contributed by atoms with Gasteiger partial charge in [0.2, 0.25) is 0 Å². The van der Waals surface area contributed by atoms with Gasteiger partial charge in [0.1, 0.15) is 0 Å². The van der Waals surface area contributed by atoms with Crippen LogP contribution in [0.1, 0.15) is 16.9 Å². The lowest BCUT2D eigenvalue weighted by atomic mass is 10.1. The Bertz CT molecular complexity index is 363. The third kappa shape index (κ3) is 1.99. The summed E-state index contributed by atoms with van der Waals surface area (Å²) in [4.78, 5) is 13.6. The SMILES string of the molecule is Cn1cc(C(=O)N2CCC(CO)C2)nn1. The van der Waals surface area contributed by atoms with Crippen LogP contribution in [0.25, 0.3) is 0 Å². The molecule has 1 fully saturated rings. The molecule has 0 aliphatic carbocycles. The van der Waals surface area contributed by atoms with Crippen molar-refractivity contribution in [2.75, 3.05) is 19.7 Å². The Balaban J connectivity index is 2.03. The Hall–Kier alpha value is -1.43. The molecule has 1 atom stereocenters. The summed E-state index contributed by atoms with van der Waals surface area (Å²) >= 11 is 0. The number of nitrogens with zero attached hydrogens (tertiary/aromatic N) is 4. The molecule has 6 nitrogen and oxygen atoms in total. The fourth-order valence-electron chi connectivity index (χ4n) is 1.77. The van der Waals surface area contributed by atoms with Gasteiger partial charge in [-0.05, 0) is 6.42 Å². The number of carbonyl (C=O) groups is 1. The van der Waals surface area contributed by atoms with Gasteiger partial charge >= 0.3 is 0 Å². The van der Waals surface area contributed by atoms with E-state index >= 15 is 0 Å². The molecule has 1 amide bonds. The van der Waals surface area contributed by atoms with Crippen LogP contribution >= 0.6 is 0 Å². The van der Waals surface area contributed by atoms with Crippen LogP contribution in [0.2, 0.25) is 0 Å². The fourth-order valence-corrected chi connectivity index (χ4v) is 1.77. The van der Waals surface area contributed by atoms with Gasteiger partial charge in [0.05, 0.1) is 6.20 Å². The van der Waals surface area contributed by atoms with E-state index in [9.17, 15) is 4.79 Å².